The van der Waals surface area contributed by atoms with Gasteiger partial charge in [0.2, 0.25) is 0 Å². The highest BCUT2D eigenvalue weighted by atomic mass is 35.5. The van der Waals surface area contributed by atoms with Crippen LogP contribution in [0.15, 0.2) is 65.6 Å². The molecule has 0 saturated carbocycles. The summed E-state index contributed by atoms with van der Waals surface area (Å²) in [6, 6.07) is 16.3. The Balaban J connectivity index is 1.50. The normalized spacial score (nSPS) is 14.7. The Bertz CT molecular complexity index is 1300. The summed E-state index contributed by atoms with van der Waals surface area (Å²) in [5.41, 5.74) is 1.68. The number of nitrogens with zero attached hydrogens (tertiary/aromatic N) is 1. The zero-order valence-electron chi connectivity index (χ0n) is 17.9. The summed E-state index contributed by atoms with van der Waals surface area (Å²) in [6.07, 6.45) is 1.61. The average molecular weight is 518 g/mol. The van der Waals surface area contributed by atoms with Crippen molar-refractivity contribution in [2.24, 2.45) is 0 Å². The molecule has 5 nitrogen and oxygen atoms in total. The number of hydrogen-bond acceptors (Lipinski definition) is 5. The van der Waals surface area contributed by atoms with E-state index in [2.05, 4.69) is 0 Å². The number of methoxy groups -OCH3 is 1. The van der Waals surface area contributed by atoms with Gasteiger partial charge >= 0.3 is 0 Å². The molecule has 0 unspecified atom stereocenters. The maximum Gasteiger partial charge on any atom is 0.293 e. The molecule has 0 bridgehead atoms. The fraction of sp³-hybridized carbons (Fsp3) is 0.120. The fourth-order valence-electron chi connectivity index (χ4n) is 3.27. The van der Waals surface area contributed by atoms with Crippen molar-refractivity contribution in [2.45, 2.75) is 13.2 Å². The highest BCUT2D eigenvalue weighted by molar-refractivity contribution is 8.18. The number of hydrogen-bond donors (Lipinski definition) is 0. The quantitative estimate of drug-likeness (QED) is 0.317. The van der Waals surface area contributed by atoms with E-state index in [1.165, 1.54) is 13.2 Å². The van der Waals surface area contributed by atoms with Gasteiger partial charge in [0.25, 0.3) is 11.1 Å². The molecule has 4 rings (SSSR count). The summed E-state index contributed by atoms with van der Waals surface area (Å²) in [7, 11) is 1.48. The van der Waals surface area contributed by atoms with Crippen LogP contribution in [-0.4, -0.2) is 23.2 Å². The number of ether oxygens (including phenoxy) is 2. The van der Waals surface area contributed by atoms with Crippen molar-refractivity contribution in [1.82, 2.24) is 4.90 Å². The Morgan fingerprint density at radius 3 is 2.53 bits per heavy atom. The van der Waals surface area contributed by atoms with E-state index in [9.17, 15) is 14.0 Å². The molecule has 9 heteroatoms. The lowest BCUT2D eigenvalue weighted by Gasteiger charge is -2.14. The van der Waals surface area contributed by atoms with E-state index in [0.717, 1.165) is 16.7 Å². The first-order valence-electron chi connectivity index (χ1n) is 10.1. The minimum Gasteiger partial charge on any atom is -0.493 e. The van der Waals surface area contributed by atoms with E-state index in [0.29, 0.717) is 38.2 Å². The van der Waals surface area contributed by atoms with Gasteiger partial charge in [-0.15, -0.1) is 0 Å². The summed E-state index contributed by atoms with van der Waals surface area (Å²) >= 11 is 13.0. The van der Waals surface area contributed by atoms with E-state index in [4.69, 9.17) is 32.7 Å². The molecule has 1 aliphatic heterocycles. The lowest BCUT2D eigenvalue weighted by molar-refractivity contribution is -0.123. The van der Waals surface area contributed by atoms with Crippen LogP contribution in [0.2, 0.25) is 10.0 Å². The first-order valence-corrected chi connectivity index (χ1v) is 11.7. The predicted octanol–water partition coefficient (Wildman–Crippen LogP) is 6.96. The predicted molar refractivity (Wildman–Crippen MR) is 132 cm³/mol. The van der Waals surface area contributed by atoms with Crippen LogP contribution < -0.4 is 9.47 Å². The molecule has 0 aromatic heterocycles. The summed E-state index contributed by atoms with van der Waals surface area (Å²) in [6.45, 7) is 0.0820. The van der Waals surface area contributed by atoms with Gasteiger partial charge in [0.1, 0.15) is 12.4 Å². The molecule has 0 atom stereocenters. The third-order valence-electron chi connectivity index (χ3n) is 5.04. The Hall–Kier alpha value is -3.00. The first kappa shape index (κ1) is 24.1. The maximum atomic E-state index is 13.8. The van der Waals surface area contributed by atoms with E-state index in [-0.39, 0.29) is 29.1 Å². The number of carbonyl (C=O) groups is 2. The Morgan fingerprint density at radius 2 is 1.79 bits per heavy atom. The van der Waals surface area contributed by atoms with Gasteiger partial charge in [-0.1, -0.05) is 53.5 Å². The standard InChI is InChI=1S/C25H18Cl2FNO4S/c1-32-22-10-15(6-9-21(22)33-14-17-4-2-3-5-20(17)28)11-23-24(30)29(25(31)34-23)13-16-7-8-18(26)12-19(16)27/h2-12H,13-14H2,1H3/b23-11-. The fourth-order valence-corrected chi connectivity index (χ4v) is 4.58. The molecule has 34 heavy (non-hydrogen) atoms. The molecule has 2 amide bonds. The van der Waals surface area contributed by atoms with E-state index < -0.39 is 5.91 Å². The van der Waals surface area contributed by atoms with Crippen molar-refractivity contribution in [2.75, 3.05) is 7.11 Å². The maximum absolute atomic E-state index is 13.8. The van der Waals surface area contributed by atoms with Gasteiger partial charge < -0.3 is 9.47 Å². The molecule has 0 spiro atoms. The number of imide groups is 1. The Morgan fingerprint density at radius 1 is 1.00 bits per heavy atom. The zero-order valence-corrected chi connectivity index (χ0v) is 20.2. The van der Waals surface area contributed by atoms with Crippen LogP contribution in [0.4, 0.5) is 9.18 Å². The monoisotopic (exact) mass is 517 g/mol. The van der Waals surface area contributed by atoms with Crippen LogP contribution >= 0.6 is 35.0 Å². The second-order valence-corrected chi connectivity index (χ2v) is 9.13. The SMILES string of the molecule is COc1cc(/C=C2\SC(=O)N(Cc3ccc(Cl)cc3Cl)C2=O)ccc1OCc1ccccc1F. The van der Waals surface area contributed by atoms with Crippen molar-refractivity contribution in [1.29, 1.82) is 0 Å². The van der Waals surface area contributed by atoms with Gasteiger partial charge in [0.15, 0.2) is 11.5 Å². The molecule has 1 heterocycles. The van der Waals surface area contributed by atoms with Crippen molar-refractivity contribution in [3.8, 4) is 11.5 Å². The smallest absolute Gasteiger partial charge is 0.293 e. The molecule has 0 N–H and O–H groups in total. The van der Waals surface area contributed by atoms with Crippen LogP contribution in [0.3, 0.4) is 0 Å². The van der Waals surface area contributed by atoms with Gasteiger partial charge in [-0.05, 0) is 59.3 Å². The minimum atomic E-state index is -0.417. The molecule has 0 radical (unpaired) electrons. The van der Waals surface area contributed by atoms with Gasteiger partial charge in [-0.3, -0.25) is 14.5 Å². The topological polar surface area (TPSA) is 55.8 Å². The molecule has 3 aromatic rings. The highest BCUT2D eigenvalue weighted by Gasteiger charge is 2.35. The highest BCUT2D eigenvalue weighted by Crippen LogP contribution is 2.36. The molecular formula is C25H18Cl2FNO4S. The van der Waals surface area contributed by atoms with E-state index in [1.54, 1.807) is 60.7 Å². The van der Waals surface area contributed by atoms with Crippen molar-refractivity contribution < 1.29 is 23.5 Å². The molecule has 1 saturated heterocycles. The number of benzene rings is 3. The van der Waals surface area contributed by atoms with Crippen LogP contribution in [0.25, 0.3) is 6.08 Å². The summed E-state index contributed by atoms with van der Waals surface area (Å²) < 4.78 is 25.0. The molecule has 1 fully saturated rings. The molecule has 0 aliphatic carbocycles. The second-order valence-electron chi connectivity index (χ2n) is 7.29. The van der Waals surface area contributed by atoms with E-state index >= 15 is 0 Å². The third kappa shape index (κ3) is 5.38. The van der Waals surface area contributed by atoms with Crippen LogP contribution in [-0.2, 0) is 17.9 Å². The number of thioether (sulfide) groups is 1. The zero-order chi connectivity index (χ0) is 24.2. The molecule has 1 aliphatic rings. The van der Waals surface area contributed by atoms with Crippen LogP contribution in [0.1, 0.15) is 16.7 Å². The minimum absolute atomic E-state index is 0.0362. The van der Waals surface area contributed by atoms with Gasteiger partial charge in [0, 0.05) is 15.6 Å². The van der Waals surface area contributed by atoms with E-state index in [1.807, 2.05) is 0 Å². The van der Waals surface area contributed by atoms with Crippen molar-refractivity contribution in [3.63, 3.8) is 0 Å². The lowest BCUT2D eigenvalue weighted by Crippen LogP contribution is -2.27. The van der Waals surface area contributed by atoms with Gasteiger partial charge in [-0.2, -0.15) is 0 Å². The molecule has 174 valence electrons. The first-order chi connectivity index (χ1) is 16.4. The lowest BCUT2D eigenvalue weighted by atomic mass is 10.1. The number of halogens is 3. The Kier molecular flexibility index (Phi) is 7.46. The summed E-state index contributed by atoms with van der Waals surface area (Å²) in [5, 5.41) is 0.461. The summed E-state index contributed by atoms with van der Waals surface area (Å²) in [4.78, 5) is 26.8. The molecular weight excluding hydrogens is 500 g/mol. The van der Waals surface area contributed by atoms with Crippen LogP contribution in [0, 0.1) is 5.82 Å². The van der Waals surface area contributed by atoms with Crippen molar-refractivity contribution >= 4 is 52.2 Å². The summed E-state index contributed by atoms with van der Waals surface area (Å²) in [5.74, 6) is 0.0687. The van der Waals surface area contributed by atoms with Crippen molar-refractivity contribution in [3.05, 3.63) is 98.1 Å². The number of amides is 2. The molecule has 3 aromatic carbocycles. The third-order valence-corrected chi connectivity index (χ3v) is 6.54. The average Bonchev–Trinajstić information content (AvgIpc) is 3.08. The largest absolute Gasteiger partial charge is 0.493 e. The van der Waals surface area contributed by atoms with Gasteiger partial charge in [0.05, 0.1) is 18.6 Å². The van der Waals surface area contributed by atoms with Gasteiger partial charge in [-0.25, -0.2) is 4.39 Å². The van der Waals surface area contributed by atoms with Crippen LogP contribution in [0.5, 0.6) is 11.5 Å². The number of rotatable bonds is 7. The Labute approximate surface area is 210 Å². The second kappa shape index (κ2) is 10.5. The number of carbonyl (C=O) groups excluding carboxylic acids is 2.